The Morgan fingerprint density at radius 3 is 2.88 bits per heavy atom. The second-order valence-corrected chi connectivity index (χ2v) is 5.49. The van der Waals surface area contributed by atoms with E-state index in [-0.39, 0.29) is 5.41 Å². The van der Waals surface area contributed by atoms with Gasteiger partial charge in [0.05, 0.1) is 0 Å². The summed E-state index contributed by atoms with van der Waals surface area (Å²) in [5.41, 5.74) is 1.06. The minimum absolute atomic E-state index is 0.283. The van der Waals surface area contributed by atoms with Crippen LogP contribution in [0.1, 0.15) is 27.7 Å². The summed E-state index contributed by atoms with van der Waals surface area (Å²) >= 11 is 0. The van der Waals surface area contributed by atoms with Crippen molar-refractivity contribution < 1.29 is 0 Å². The first-order chi connectivity index (χ1) is 7.98. The topological polar surface area (TPSA) is 55.1 Å². The first-order valence-corrected chi connectivity index (χ1v) is 5.86. The lowest BCUT2D eigenvalue weighted by molar-refractivity contribution is 0.274. The molecule has 2 rings (SSSR count). The molecule has 0 aliphatic heterocycles. The zero-order valence-corrected chi connectivity index (χ0v) is 10.8. The lowest BCUT2D eigenvalue weighted by Crippen LogP contribution is -2.25. The Hall–Kier alpha value is -1.65. The lowest BCUT2D eigenvalue weighted by Gasteiger charge is -2.27. The molecule has 0 saturated heterocycles. The van der Waals surface area contributed by atoms with Crippen LogP contribution in [0.2, 0.25) is 0 Å². The summed E-state index contributed by atoms with van der Waals surface area (Å²) in [7, 11) is 0. The van der Waals surface area contributed by atoms with Gasteiger partial charge in [-0.05, 0) is 11.3 Å². The van der Waals surface area contributed by atoms with Gasteiger partial charge >= 0.3 is 0 Å². The maximum Gasteiger partial charge on any atom is 0.203 e. The van der Waals surface area contributed by atoms with Crippen LogP contribution < -0.4 is 5.32 Å². The molecule has 2 aromatic heterocycles. The Morgan fingerprint density at radius 2 is 2.18 bits per heavy atom. The molecule has 0 aromatic carbocycles. The Labute approximate surface area is 101 Å². The van der Waals surface area contributed by atoms with Gasteiger partial charge < -0.3 is 5.32 Å². The number of anilines is 1. The molecule has 1 unspecified atom stereocenters. The van der Waals surface area contributed by atoms with Gasteiger partial charge in [0, 0.05) is 18.9 Å². The summed E-state index contributed by atoms with van der Waals surface area (Å²) in [4.78, 5) is 4.30. The molecule has 5 nitrogen and oxygen atoms in total. The van der Waals surface area contributed by atoms with E-state index in [2.05, 4.69) is 48.2 Å². The lowest BCUT2D eigenvalue weighted by atomic mass is 9.82. The van der Waals surface area contributed by atoms with E-state index in [1.54, 1.807) is 12.5 Å². The van der Waals surface area contributed by atoms with Gasteiger partial charge in [0.2, 0.25) is 5.65 Å². The molecule has 0 spiro atoms. The Balaban J connectivity index is 2.12. The van der Waals surface area contributed by atoms with Crippen molar-refractivity contribution in [2.24, 2.45) is 11.3 Å². The van der Waals surface area contributed by atoms with Crippen molar-refractivity contribution in [1.82, 2.24) is 19.6 Å². The minimum atomic E-state index is 0.283. The van der Waals surface area contributed by atoms with Crippen LogP contribution in [0.4, 0.5) is 5.82 Å². The van der Waals surface area contributed by atoms with E-state index in [0.717, 1.165) is 18.0 Å². The number of hydrogen-bond acceptors (Lipinski definition) is 4. The highest BCUT2D eigenvalue weighted by molar-refractivity contribution is 5.61. The molecule has 5 heteroatoms. The average Bonchev–Trinajstić information content (AvgIpc) is 2.72. The van der Waals surface area contributed by atoms with Crippen LogP contribution in [-0.2, 0) is 0 Å². The van der Waals surface area contributed by atoms with E-state index in [9.17, 15) is 0 Å². The van der Waals surface area contributed by atoms with Crippen molar-refractivity contribution in [3.8, 4) is 0 Å². The molecule has 0 bridgehead atoms. The summed E-state index contributed by atoms with van der Waals surface area (Å²) < 4.78 is 1.86. The predicted molar refractivity (Wildman–Crippen MR) is 67.9 cm³/mol. The SMILES string of the molecule is CC(CNc1nccn2cnnc12)C(C)(C)C. The van der Waals surface area contributed by atoms with E-state index < -0.39 is 0 Å². The number of nitrogens with zero attached hydrogens (tertiary/aromatic N) is 4. The maximum absolute atomic E-state index is 4.30. The molecule has 0 amide bonds. The molecule has 1 atom stereocenters. The van der Waals surface area contributed by atoms with Gasteiger partial charge in [-0.3, -0.25) is 4.40 Å². The maximum atomic E-state index is 4.30. The van der Waals surface area contributed by atoms with Gasteiger partial charge in [0.25, 0.3) is 0 Å². The monoisotopic (exact) mass is 233 g/mol. The van der Waals surface area contributed by atoms with Gasteiger partial charge in [-0.1, -0.05) is 27.7 Å². The zero-order chi connectivity index (χ0) is 12.5. The first-order valence-electron chi connectivity index (χ1n) is 5.86. The van der Waals surface area contributed by atoms with Crippen LogP contribution in [0.5, 0.6) is 0 Å². The molecule has 0 radical (unpaired) electrons. The number of nitrogens with one attached hydrogen (secondary N) is 1. The van der Waals surface area contributed by atoms with Gasteiger partial charge in [-0.15, -0.1) is 10.2 Å². The third kappa shape index (κ3) is 2.54. The van der Waals surface area contributed by atoms with Crippen molar-refractivity contribution >= 4 is 11.5 Å². The normalized spacial score (nSPS) is 13.9. The van der Waals surface area contributed by atoms with E-state index in [1.807, 2.05) is 10.6 Å². The minimum Gasteiger partial charge on any atom is -0.367 e. The fourth-order valence-corrected chi connectivity index (χ4v) is 1.44. The van der Waals surface area contributed by atoms with Gasteiger partial charge in [-0.2, -0.15) is 0 Å². The van der Waals surface area contributed by atoms with Crippen molar-refractivity contribution in [3.63, 3.8) is 0 Å². The standard InChI is InChI=1S/C12H19N5/c1-9(12(2,3)4)7-14-10-11-16-15-8-17(11)6-5-13-10/h5-6,8-9H,7H2,1-4H3,(H,13,14). The van der Waals surface area contributed by atoms with Gasteiger partial charge in [0.15, 0.2) is 5.82 Å². The highest BCUT2D eigenvalue weighted by Crippen LogP contribution is 2.25. The fourth-order valence-electron chi connectivity index (χ4n) is 1.44. The second-order valence-electron chi connectivity index (χ2n) is 5.49. The molecule has 0 aliphatic rings. The molecular weight excluding hydrogens is 214 g/mol. The van der Waals surface area contributed by atoms with Crippen LogP contribution in [0.25, 0.3) is 5.65 Å². The van der Waals surface area contributed by atoms with Crippen molar-refractivity contribution in [2.45, 2.75) is 27.7 Å². The first kappa shape index (κ1) is 11.8. The molecule has 0 fully saturated rings. The molecule has 0 aliphatic carbocycles. The molecule has 0 saturated carbocycles. The Kier molecular flexibility index (Phi) is 3.00. The van der Waals surface area contributed by atoms with Crippen molar-refractivity contribution in [2.75, 3.05) is 11.9 Å². The van der Waals surface area contributed by atoms with Crippen LogP contribution >= 0.6 is 0 Å². The van der Waals surface area contributed by atoms with Crippen LogP contribution in [-0.4, -0.2) is 26.1 Å². The van der Waals surface area contributed by atoms with Gasteiger partial charge in [-0.25, -0.2) is 4.98 Å². The average molecular weight is 233 g/mol. The van der Waals surface area contributed by atoms with Crippen LogP contribution in [0, 0.1) is 11.3 Å². The molecule has 2 aromatic rings. The fraction of sp³-hybridized carbons (Fsp3) is 0.583. The summed E-state index contributed by atoms with van der Waals surface area (Å²) in [6, 6.07) is 0. The Morgan fingerprint density at radius 1 is 1.41 bits per heavy atom. The van der Waals surface area contributed by atoms with Crippen LogP contribution in [0.3, 0.4) is 0 Å². The summed E-state index contributed by atoms with van der Waals surface area (Å²) in [5, 5.41) is 11.3. The summed E-state index contributed by atoms with van der Waals surface area (Å²) in [6.45, 7) is 9.83. The van der Waals surface area contributed by atoms with Crippen molar-refractivity contribution in [3.05, 3.63) is 18.7 Å². The number of fused-ring (bicyclic) bond motifs is 1. The van der Waals surface area contributed by atoms with E-state index >= 15 is 0 Å². The highest BCUT2D eigenvalue weighted by atomic mass is 15.2. The quantitative estimate of drug-likeness (QED) is 0.883. The molecule has 1 N–H and O–H groups in total. The number of aromatic nitrogens is 4. The van der Waals surface area contributed by atoms with Gasteiger partial charge in [0.1, 0.15) is 6.33 Å². The largest absolute Gasteiger partial charge is 0.367 e. The third-order valence-electron chi connectivity index (χ3n) is 3.27. The highest BCUT2D eigenvalue weighted by Gasteiger charge is 2.20. The predicted octanol–water partition coefficient (Wildman–Crippen LogP) is 2.22. The van der Waals surface area contributed by atoms with E-state index in [1.165, 1.54) is 0 Å². The second kappa shape index (κ2) is 4.31. The van der Waals surface area contributed by atoms with Crippen LogP contribution in [0.15, 0.2) is 18.7 Å². The molecular formula is C12H19N5. The Bertz CT molecular complexity index is 497. The third-order valence-corrected chi connectivity index (χ3v) is 3.27. The van der Waals surface area contributed by atoms with Crippen molar-refractivity contribution in [1.29, 1.82) is 0 Å². The smallest absolute Gasteiger partial charge is 0.203 e. The number of hydrogen-bond donors (Lipinski definition) is 1. The molecule has 92 valence electrons. The number of rotatable bonds is 3. The summed E-state index contributed by atoms with van der Waals surface area (Å²) in [6.07, 6.45) is 5.27. The zero-order valence-electron chi connectivity index (χ0n) is 10.8. The molecule has 2 heterocycles. The van der Waals surface area contributed by atoms with E-state index in [4.69, 9.17) is 0 Å². The summed E-state index contributed by atoms with van der Waals surface area (Å²) in [5.74, 6) is 1.34. The van der Waals surface area contributed by atoms with E-state index in [0.29, 0.717) is 5.92 Å². The molecule has 17 heavy (non-hydrogen) atoms.